The maximum absolute atomic E-state index is 5.88. The third kappa shape index (κ3) is 3.83. The van der Waals surface area contributed by atoms with Crippen molar-refractivity contribution < 1.29 is 4.74 Å². The monoisotopic (exact) mass is 275 g/mol. The van der Waals surface area contributed by atoms with Crippen molar-refractivity contribution in [3.63, 3.8) is 0 Å². The summed E-state index contributed by atoms with van der Waals surface area (Å²) in [5.41, 5.74) is 3.01. The van der Waals surface area contributed by atoms with E-state index in [1.54, 1.807) is 0 Å². The van der Waals surface area contributed by atoms with Crippen molar-refractivity contribution in [2.45, 2.75) is 46.6 Å². The van der Waals surface area contributed by atoms with Gasteiger partial charge in [0.15, 0.2) is 0 Å². The number of hydrogen-bond donors (Lipinski definition) is 1. The molecule has 0 amide bonds. The molecule has 1 aromatic carbocycles. The van der Waals surface area contributed by atoms with E-state index in [9.17, 15) is 0 Å². The Morgan fingerprint density at radius 2 is 2.00 bits per heavy atom. The van der Waals surface area contributed by atoms with Gasteiger partial charge in [0.25, 0.3) is 0 Å². The summed E-state index contributed by atoms with van der Waals surface area (Å²) in [5.74, 6) is 0.698. The first-order valence-electron chi connectivity index (χ1n) is 7.90. The lowest BCUT2D eigenvalue weighted by Crippen LogP contribution is -2.42. The van der Waals surface area contributed by atoms with Crippen LogP contribution in [0.2, 0.25) is 0 Å². The van der Waals surface area contributed by atoms with E-state index in [2.05, 4.69) is 57.3 Å². The van der Waals surface area contributed by atoms with Crippen LogP contribution in [0.3, 0.4) is 0 Å². The molecule has 2 heteroatoms. The molecule has 2 atom stereocenters. The summed E-state index contributed by atoms with van der Waals surface area (Å²) < 4.78 is 5.88. The van der Waals surface area contributed by atoms with Gasteiger partial charge in [-0.05, 0) is 44.7 Å². The second-order valence-electron chi connectivity index (χ2n) is 6.81. The molecule has 1 aliphatic rings. The van der Waals surface area contributed by atoms with Crippen LogP contribution in [-0.4, -0.2) is 25.8 Å². The van der Waals surface area contributed by atoms with E-state index in [4.69, 9.17) is 4.74 Å². The number of benzene rings is 1. The predicted octanol–water partition coefficient (Wildman–Crippen LogP) is 3.58. The van der Waals surface area contributed by atoms with Crippen molar-refractivity contribution in [2.75, 3.05) is 19.7 Å². The number of hydrogen-bond acceptors (Lipinski definition) is 2. The van der Waals surface area contributed by atoms with Crippen LogP contribution in [0.25, 0.3) is 0 Å². The van der Waals surface area contributed by atoms with Crippen LogP contribution in [0, 0.1) is 18.3 Å². The van der Waals surface area contributed by atoms with Gasteiger partial charge in [0.05, 0.1) is 6.10 Å². The fourth-order valence-corrected chi connectivity index (χ4v) is 3.07. The normalized spacial score (nSPS) is 26.4. The highest BCUT2D eigenvalue weighted by Gasteiger charge is 2.41. The molecule has 1 fully saturated rings. The minimum atomic E-state index is 0.254. The summed E-state index contributed by atoms with van der Waals surface area (Å²) in [6.07, 6.45) is 2.61. The van der Waals surface area contributed by atoms with Crippen LogP contribution in [0.4, 0.5) is 0 Å². The van der Waals surface area contributed by atoms with E-state index >= 15 is 0 Å². The van der Waals surface area contributed by atoms with E-state index in [0.717, 1.165) is 32.5 Å². The average molecular weight is 275 g/mol. The van der Waals surface area contributed by atoms with Gasteiger partial charge in [-0.15, -0.1) is 0 Å². The molecule has 0 saturated carbocycles. The summed E-state index contributed by atoms with van der Waals surface area (Å²) in [5, 5.41) is 3.65. The molecule has 20 heavy (non-hydrogen) atoms. The van der Waals surface area contributed by atoms with Crippen molar-refractivity contribution in [2.24, 2.45) is 11.3 Å². The molecular formula is C18H29NO. The molecule has 0 aromatic heterocycles. The van der Waals surface area contributed by atoms with E-state index in [-0.39, 0.29) is 5.41 Å². The summed E-state index contributed by atoms with van der Waals surface area (Å²) in [6, 6.07) is 8.96. The molecule has 2 nitrogen and oxygen atoms in total. The molecule has 0 bridgehead atoms. The topological polar surface area (TPSA) is 21.3 Å². The van der Waals surface area contributed by atoms with Crippen molar-refractivity contribution in [3.8, 4) is 0 Å². The van der Waals surface area contributed by atoms with Crippen LogP contribution in [0.1, 0.15) is 38.3 Å². The lowest BCUT2D eigenvalue weighted by atomic mass is 9.76. The minimum absolute atomic E-state index is 0.254. The molecule has 112 valence electrons. The Hall–Kier alpha value is -0.860. The van der Waals surface area contributed by atoms with Crippen molar-refractivity contribution in [1.29, 1.82) is 0 Å². The lowest BCUT2D eigenvalue weighted by Gasteiger charge is -2.33. The largest absolute Gasteiger partial charge is 0.378 e. The Kier molecular flexibility index (Phi) is 5.22. The Morgan fingerprint density at radius 1 is 1.30 bits per heavy atom. The summed E-state index contributed by atoms with van der Waals surface area (Å²) in [7, 11) is 0. The summed E-state index contributed by atoms with van der Waals surface area (Å²) in [6.45, 7) is 11.9. The van der Waals surface area contributed by atoms with E-state index in [1.807, 2.05) is 0 Å². The van der Waals surface area contributed by atoms with Crippen molar-refractivity contribution >= 4 is 0 Å². The zero-order valence-electron chi connectivity index (χ0n) is 13.4. The predicted molar refractivity (Wildman–Crippen MR) is 85.1 cm³/mol. The lowest BCUT2D eigenvalue weighted by molar-refractivity contribution is 0.0627. The van der Waals surface area contributed by atoms with E-state index in [0.29, 0.717) is 12.0 Å². The van der Waals surface area contributed by atoms with Gasteiger partial charge < -0.3 is 10.1 Å². The highest BCUT2D eigenvalue weighted by molar-refractivity contribution is 5.23. The first kappa shape index (κ1) is 15.5. The summed E-state index contributed by atoms with van der Waals surface area (Å²) in [4.78, 5) is 0. The maximum atomic E-state index is 5.88. The van der Waals surface area contributed by atoms with E-state index in [1.165, 1.54) is 11.1 Å². The number of aryl methyl sites for hydroxylation is 1. The first-order valence-corrected chi connectivity index (χ1v) is 7.90. The number of nitrogens with one attached hydrogen (secondary N) is 1. The van der Waals surface area contributed by atoms with Gasteiger partial charge >= 0.3 is 0 Å². The molecule has 0 aliphatic carbocycles. The molecule has 1 saturated heterocycles. The minimum Gasteiger partial charge on any atom is -0.378 e. The molecular weight excluding hydrogens is 246 g/mol. The third-order valence-corrected chi connectivity index (χ3v) is 4.54. The SMILES string of the molecule is Cc1ccc(CC2(CNCC(C)C)CCOC2C)cc1. The summed E-state index contributed by atoms with van der Waals surface area (Å²) >= 11 is 0. The number of rotatable bonds is 6. The molecule has 0 radical (unpaired) electrons. The Balaban J connectivity index is 2.05. The molecule has 1 heterocycles. The van der Waals surface area contributed by atoms with Gasteiger partial charge in [-0.3, -0.25) is 0 Å². The second-order valence-corrected chi connectivity index (χ2v) is 6.81. The fraction of sp³-hybridized carbons (Fsp3) is 0.667. The quantitative estimate of drug-likeness (QED) is 0.857. The Bertz CT molecular complexity index is 412. The molecule has 1 aromatic rings. The van der Waals surface area contributed by atoms with Gasteiger partial charge in [-0.25, -0.2) is 0 Å². The molecule has 2 unspecified atom stereocenters. The zero-order chi connectivity index (χ0) is 14.6. The van der Waals surface area contributed by atoms with Crippen molar-refractivity contribution in [1.82, 2.24) is 5.32 Å². The molecule has 1 N–H and O–H groups in total. The van der Waals surface area contributed by atoms with Gasteiger partial charge in [-0.1, -0.05) is 43.7 Å². The first-order chi connectivity index (χ1) is 9.52. The van der Waals surface area contributed by atoms with Crippen LogP contribution < -0.4 is 5.32 Å². The highest BCUT2D eigenvalue weighted by atomic mass is 16.5. The Labute approximate surface area is 123 Å². The maximum Gasteiger partial charge on any atom is 0.0619 e. The second kappa shape index (κ2) is 6.73. The van der Waals surface area contributed by atoms with Crippen molar-refractivity contribution in [3.05, 3.63) is 35.4 Å². The van der Waals surface area contributed by atoms with Gasteiger partial charge in [0.1, 0.15) is 0 Å². The molecule has 1 aliphatic heterocycles. The van der Waals surface area contributed by atoms with Crippen LogP contribution in [0.15, 0.2) is 24.3 Å². The van der Waals surface area contributed by atoms with Crippen LogP contribution in [0.5, 0.6) is 0 Å². The fourth-order valence-electron chi connectivity index (χ4n) is 3.07. The molecule has 2 rings (SSSR count). The van der Waals surface area contributed by atoms with E-state index < -0.39 is 0 Å². The van der Waals surface area contributed by atoms with Gasteiger partial charge in [0.2, 0.25) is 0 Å². The Morgan fingerprint density at radius 3 is 2.55 bits per heavy atom. The van der Waals surface area contributed by atoms with Crippen LogP contribution >= 0.6 is 0 Å². The zero-order valence-corrected chi connectivity index (χ0v) is 13.4. The van der Waals surface area contributed by atoms with Crippen LogP contribution in [-0.2, 0) is 11.2 Å². The highest BCUT2D eigenvalue weighted by Crippen LogP contribution is 2.37. The number of ether oxygens (including phenoxy) is 1. The average Bonchev–Trinajstić information content (AvgIpc) is 2.74. The van der Waals surface area contributed by atoms with Gasteiger partial charge in [-0.2, -0.15) is 0 Å². The van der Waals surface area contributed by atoms with Gasteiger partial charge in [0, 0.05) is 18.6 Å². The standard InChI is InChI=1S/C18H29NO/c1-14(2)12-19-13-18(9-10-20-16(18)4)11-17-7-5-15(3)6-8-17/h5-8,14,16,19H,9-13H2,1-4H3. The molecule has 0 spiro atoms. The smallest absolute Gasteiger partial charge is 0.0619 e. The third-order valence-electron chi connectivity index (χ3n) is 4.54.